The van der Waals surface area contributed by atoms with Gasteiger partial charge in [0.25, 0.3) is 0 Å². The molecule has 0 fully saturated rings. The predicted octanol–water partition coefficient (Wildman–Crippen LogP) is 2.47. The summed E-state index contributed by atoms with van der Waals surface area (Å²) in [5.74, 6) is 1.51. The number of likely N-dealkylation sites (N-methyl/N-ethyl adjacent to an activating group) is 1. The molecular weight excluding hydrogens is 316 g/mol. The van der Waals surface area contributed by atoms with Gasteiger partial charge in [-0.1, -0.05) is 0 Å². The van der Waals surface area contributed by atoms with E-state index in [9.17, 15) is 0 Å². The number of rotatable bonds is 5. The van der Waals surface area contributed by atoms with Gasteiger partial charge in [0.15, 0.2) is 0 Å². The van der Waals surface area contributed by atoms with Gasteiger partial charge in [-0.05, 0) is 22.0 Å². The van der Waals surface area contributed by atoms with Gasteiger partial charge < -0.3 is 15.3 Å². The summed E-state index contributed by atoms with van der Waals surface area (Å²) >= 11 is 5.00. The van der Waals surface area contributed by atoms with Crippen LogP contribution >= 0.6 is 27.3 Å². The molecule has 0 atom stereocenters. The van der Waals surface area contributed by atoms with Crippen molar-refractivity contribution in [2.24, 2.45) is 0 Å². The van der Waals surface area contributed by atoms with E-state index in [1.165, 1.54) is 6.33 Å². The molecule has 0 amide bonds. The highest BCUT2D eigenvalue weighted by molar-refractivity contribution is 9.10. The van der Waals surface area contributed by atoms with Crippen molar-refractivity contribution in [3.8, 4) is 0 Å². The summed E-state index contributed by atoms with van der Waals surface area (Å²) in [6, 6.07) is 3.84. The van der Waals surface area contributed by atoms with E-state index >= 15 is 0 Å². The molecule has 0 saturated carbocycles. The number of anilines is 3. The van der Waals surface area contributed by atoms with Crippen LogP contribution in [0.3, 0.4) is 0 Å². The van der Waals surface area contributed by atoms with Crippen LogP contribution in [0.5, 0.6) is 0 Å². The first-order valence-corrected chi connectivity index (χ1v) is 7.01. The molecule has 2 aromatic rings. The fourth-order valence-electron chi connectivity index (χ4n) is 1.39. The molecule has 2 aromatic heterocycles. The lowest BCUT2D eigenvalue weighted by Crippen LogP contribution is -2.22. The third kappa shape index (κ3) is 3.41. The van der Waals surface area contributed by atoms with Gasteiger partial charge in [-0.25, -0.2) is 9.97 Å². The van der Waals surface area contributed by atoms with Gasteiger partial charge in [0, 0.05) is 29.5 Å². The van der Waals surface area contributed by atoms with Crippen molar-refractivity contribution in [1.29, 1.82) is 0 Å². The molecular formula is C11H13BrN4OS. The summed E-state index contributed by atoms with van der Waals surface area (Å²) in [4.78, 5) is 10.2. The summed E-state index contributed by atoms with van der Waals surface area (Å²) < 4.78 is 1.04. The van der Waals surface area contributed by atoms with Crippen molar-refractivity contribution in [3.05, 3.63) is 28.3 Å². The fraction of sp³-hybridized carbons (Fsp3) is 0.273. The lowest BCUT2D eigenvalue weighted by Gasteiger charge is -2.16. The molecule has 0 aromatic carbocycles. The van der Waals surface area contributed by atoms with Gasteiger partial charge in [0.2, 0.25) is 0 Å². The maximum Gasteiger partial charge on any atom is 0.136 e. The third-order valence-electron chi connectivity index (χ3n) is 2.30. The largest absolute Gasteiger partial charge is 0.395 e. The normalized spacial score (nSPS) is 10.4. The van der Waals surface area contributed by atoms with Gasteiger partial charge in [0.1, 0.15) is 18.0 Å². The lowest BCUT2D eigenvalue weighted by atomic mass is 10.4. The van der Waals surface area contributed by atoms with E-state index in [2.05, 4.69) is 31.2 Å². The van der Waals surface area contributed by atoms with E-state index < -0.39 is 0 Å². The molecule has 0 unspecified atom stereocenters. The van der Waals surface area contributed by atoms with Gasteiger partial charge >= 0.3 is 0 Å². The number of aromatic nitrogens is 2. The second-order valence-electron chi connectivity index (χ2n) is 3.66. The fourth-order valence-corrected chi connectivity index (χ4v) is 2.72. The van der Waals surface area contributed by atoms with Gasteiger partial charge in [-0.3, -0.25) is 0 Å². The highest BCUT2D eigenvalue weighted by Gasteiger charge is 2.05. The Bertz CT molecular complexity index is 519. The van der Waals surface area contributed by atoms with Crippen LogP contribution in [-0.2, 0) is 0 Å². The third-order valence-corrected chi connectivity index (χ3v) is 3.90. The Morgan fingerprint density at radius 2 is 2.28 bits per heavy atom. The zero-order chi connectivity index (χ0) is 13.0. The first-order valence-electron chi connectivity index (χ1n) is 5.34. The second-order valence-corrected chi connectivity index (χ2v) is 5.49. The zero-order valence-electron chi connectivity index (χ0n) is 9.80. The summed E-state index contributed by atoms with van der Waals surface area (Å²) in [6.07, 6.45) is 1.51. The van der Waals surface area contributed by atoms with Crippen LogP contribution in [0, 0.1) is 0 Å². The molecule has 0 spiro atoms. The van der Waals surface area contributed by atoms with Crippen molar-refractivity contribution in [2.75, 3.05) is 30.4 Å². The van der Waals surface area contributed by atoms with Crippen LogP contribution < -0.4 is 10.2 Å². The van der Waals surface area contributed by atoms with Crippen molar-refractivity contribution in [2.45, 2.75) is 0 Å². The minimum absolute atomic E-state index is 0.0983. The molecule has 2 heterocycles. The standard InChI is InChI=1S/C11H13BrN4OS/c1-16(2-3-17)10-5-9(13-7-14-10)15-11-4-8(12)6-18-11/h4-7,17H,2-3H2,1H3,(H,13,14,15). The highest BCUT2D eigenvalue weighted by atomic mass is 79.9. The quantitative estimate of drug-likeness (QED) is 0.882. The Balaban J connectivity index is 2.12. The molecule has 7 heteroatoms. The van der Waals surface area contributed by atoms with Gasteiger partial charge in [0.05, 0.1) is 11.6 Å². The van der Waals surface area contributed by atoms with Crippen LogP contribution in [0.4, 0.5) is 16.6 Å². The average Bonchev–Trinajstić information content (AvgIpc) is 2.75. The molecule has 0 aliphatic rings. The van der Waals surface area contributed by atoms with E-state index in [1.807, 2.05) is 29.5 Å². The molecule has 0 aliphatic heterocycles. The van der Waals surface area contributed by atoms with Crippen LogP contribution in [0.25, 0.3) is 0 Å². The molecule has 0 radical (unpaired) electrons. The van der Waals surface area contributed by atoms with Crippen molar-refractivity contribution in [3.63, 3.8) is 0 Å². The smallest absolute Gasteiger partial charge is 0.136 e. The number of hydrogen-bond donors (Lipinski definition) is 2. The minimum Gasteiger partial charge on any atom is -0.395 e. The topological polar surface area (TPSA) is 61.3 Å². The number of aliphatic hydroxyl groups is 1. The Kier molecular flexibility index (Phi) is 4.51. The average molecular weight is 329 g/mol. The minimum atomic E-state index is 0.0983. The Morgan fingerprint density at radius 3 is 2.94 bits per heavy atom. The maximum atomic E-state index is 8.90. The summed E-state index contributed by atoms with van der Waals surface area (Å²) in [6.45, 7) is 0.641. The van der Waals surface area contributed by atoms with E-state index in [0.29, 0.717) is 6.54 Å². The van der Waals surface area contributed by atoms with Crippen LogP contribution in [-0.4, -0.2) is 35.3 Å². The van der Waals surface area contributed by atoms with Crippen LogP contribution in [0.1, 0.15) is 0 Å². The molecule has 0 saturated heterocycles. The van der Waals surface area contributed by atoms with E-state index in [4.69, 9.17) is 5.11 Å². The second kappa shape index (κ2) is 6.12. The maximum absolute atomic E-state index is 8.90. The number of halogens is 1. The van der Waals surface area contributed by atoms with Gasteiger partial charge in [-0.15, -0.1) is 11.3 Å². The van der Waals surface area contributed by atoms with Crippen LogP contribution in [0.15, 0.2) is 28.3 Å². The van der Waals surface area contributed by atoms with E-state index in [-0.39, 0.29) is 6.61 Å². The van der Waals surface area contributed by atoms with Crippen molar-refractivity contribution >= 4 is 43.9 Å². The first-order chi connectivity index (χ1) is 8.69. The molecule has 18 heavy (non-hydrogen) atoms. The highest BCUT2D eigenvalue weighted by Crippen LogP contribution is 2.27. The van der Waals surface area contributed by atoms with Crippen molar-refractivity contribution < 1.29 is 5.11 Å². The SMILES string of the molecule is CN(CCO)c1cc(Nc2cc(Br)cs2)ncn1. The molecule has 96 valence electrons. The molecule has 2 N–H and O–H groups in total. The number of nitrogens with one attached hydrogen (secondary N) is 1. The predicted molar refractivity (Wildman–Crippen MR) is 77.7 cm³/mol. The Morgan fingerprint density at radius 1 is 1.44 bits per heavy atom. The number of thiophene rings is 1. The molecule has 2 rings (SSSR count). The van der Waals surface area contributed by atoms with Crippen molar-refractivity contribution in [1.82, 2.24) is 9.97 Å². The Hall–Kier alpha value is -1.18. The zero-order valence-corrected chi connectivity index (χ0v) is 12.2. The molecule has 0 aliphatic carbocycles. The number of hydrogen-bond acceptors (Lipinski definition) is 6. The number of nitrogens with zero attached hydrogens (tertiary/aromatic N) is 3. The Labute approximate surface area is 118 Å². The first kappa shape index (κ1) is 13.3. The summed E-state index contributed by atoms with van der Waals surface area (Å²) in [5.41, 5.74) is 0. The van der Waals surface area contributed by atoms with Crippen LogP contribution in [0.2, 0.25) is 0 Å². The van der Waals surface area contributed by atoms with Gasteiger partial charge in [-0.2, -0.15) is 0 Å². The molecule has 0 bridgehead atoms. The van der Waals surface area contributed by atoms with E-state index in [0.717, 1.165) is 21.1 Å². The number of aliphatic hydroxyl groups excluding tert-OH is 1. The monoisotopic (exact) mass is 328 g/mol. The molecule has 5 nitrogen and oxygen atoms in total. The lowest BCUT2D eigenvalue weighted by molar-refractivity contribution is 0.304. The summed E-state index contributed by atoms with van der Waals surface area (Å²) in [7, 11) is 1.88. The van der Waals surface area contributed by atoms with E-state index in [1.54, 1.807) is 11.3 Å². The summed E-state index contributed by atoms with van der Waals surface area (Å²) in [5, 5.41) is 15.1.